The van der Waals surface area contributed by atoms with Crippen molar-refractivity contribution in [1.29, 1.82) is 0 Å². The fraction of sp³-hybridized carbons (Fsp3) is 0.0909. The molecule has 4 nitrogen and oxygen atoms in total. The van der Waals surface area contributed by atoms with Crippen LogP contribution in [0.5, 0.6) is 0 Å². The van der Waals surface area contributed by atoms with E-state index in [1.807, 2.05) is 0 Å². The molecule has 0 unspecified atom stereocenters. The van der Waals surface area contributed by atoms with Crippen molar-refractivity contribution in [2.75, 3.05) is 5.32 Å². The van der Waals surface area contributed by atoms with Gasteiger partial charge in [-0.2, -0.15) is 5.10 Å². The summed E-state index contributed by atoms with van der Waals surface area (Å²) >= 11 is 0. The average Bonchev–Trinajstić information content (AvgIpc) is 2.68. The van der Waals surface area contributed by atoms with Gasteiger partial charge in [-0.05, 0) is 18.2 Å². The summed E-state index contributed by atoms with van der Waals surface area (Å²) in [6, 6.07) is 3.64. The number of hydrogen-bond donors (Lipinski definition) is 1. The van der Waals surface area contributed by atoms with Gasteiger partial charge in [0, 0.05) is 25.0 Å². The maximum Gasteiger partial charge on any atom is 0.221 e. The molecule has 0 aliphatic rings. The number of carbonyl (C=O) groups excluding carboxylic acids is 1. The summed E-state index contributed by atoms with van der Waals surface area (Å²) in [5.41, 5.74) is -0.201. The van der Waals surface area contributed by atoms with Crippen LogP contribution in [-0.2, 0) is 4.79 Å². The Hall–Kier alpha value is -2.24. The molecule has 2 rings (SSSR count). The van der Waals surface area contributed by atoms with Crippen LogP contribution in [0.15, 0.2) is 30.6 Å². The molecule has 0 aliphatic carbocycles. The molecule has 1 heterocycles. The zero-order chi connectivity index (χ0) is 12.4. The van der Waals surface area contributed by atoms with Crippen molar-refractivity contribution in [3.8, 4) is 5.69 Å². The zero-order valence-electron chi connectivity index (χ0n) is 8.95. The van der Waals surface area contributed by atoms with Gasteiger partial charge in [0.25, 0.3) is 0 Å². The van der Waals surface area contributed by atoms with Crippen LogP contribution in [0, 0.1) is 11.6 Å². The van der Waals surface area contributed by atoms with Gasteiger partial charge in [0.2, 0.25) is 5.91 Å². The molecule has 6 heteroatoms. The van der Waals surface area contributed by atoms with Crippen LogP contribution in [0.1, 0.15) is 6.92 Å². The summed E-state index contributed by atoms with van der Waals surface area (Å²) in [7, 11) is 0. The molecular weight excluding hydrogens is 228 g/mol. The van der Waals surface area contributed by atoms with Crippen LogP contribution >= 0.6 is 0 Å². The number of carbonyl (C=O) groups is 1. The highest BCUT2D eigenvalue weighted by molar-refractivity contribution is 5.88. The minimum Gasteiger partial charge on any atom is -0.326 e. The molecule has 2 aromatic rings. The third-order valence-corrected chi connectivity index (χ3v) is 2.07. The molecule has 0 spiro atoms. The van der Waals surface area contributed by atoms with Gasteiger partial charge in [-0.15, -0.1) is 0 Å². The molecule has 0 aliphatic heterocycles. The van der Waals surface area contributed by atoms with Gasteiger partial charge in [0.1, 0.15) is 5.69 Å². The van der Waals surface area contributed by atoms with E-state index in [1.165, 1.54) is 19.3 Å². The lowest BCUT2D eigenvalue weighted by molar-refractivity contribution is -0.114. The quantitative estimate of drug-likeness (QED) is 0.869. The first-order valence-corrected chi connectivity index (χ1v) is 4.84. The number of benzene rings is 1. The summed E-state index contributed by atoms with van der Waals surface area (Å²) in [4.78, 5) is 10.8. The molecule has 88 valence electrons. The maximum atomic E-state index is 13.7. The lowest BCUT2D eigenvalue weighted by atomic mass is 10.2. The van der Waals surface area contributed by atoms with E-state index in [9.17, 15) is 13.6 Å². The highest BCUT2D eigenvalue weighted by Gasteiger charge is 2.13. The van der Waals surface area contributed by atoms with Crippen molar-refractivity contribution < 1.29 is 13.6 Å². The van der Waals surface area contributed by atoms with E-state index < -0.39 is 17.5 Å². The second-order valence-corrected chi connectivity index (χ2v) is 3.42. The predicted octanol–water partition coefficient (Wildman–Crippen LogP) is 2.11. The van der Waals surface area contributed by atoms with Crippen molar-refractivity contribution >= 4 is 11.6 Å². The second kappa shape index (κ2) is 4.32. The zero-order valence-corrected chi connectivity index (χ0v) is 8.95. The second-order valence-electron chi connectivity index (χ2n) is 3.42. The highest BCUT2D eigenvalue weighted by atomic mass is 19.1. The van der Waals surface area contributed by atoms with Crippen molar-refractivity contribution in [2.24, 2.45) is 0 Å². The maximum absolute atomic E-state index is 13.7. The van der Waals surface area contributed by atoms with Crippen LogP contribution in [-0.4, -0.2) is 15.7 Å². The van der Waals surface area contributed by atoms with Crippen LogP contribution in [0.4, 0.5) is 14.5 Å². The van der Waals surface area contributed by atoms with Gasteiger partial charge in [-0.1, -0.05) is 0 Å². The number of nitrogens with one attached hydrogen (secondary N) is 1. The van der Waals surface area contributed by atoms with E-state index in [1.54, 1.807) is 6.07 Å². The fourth-order valence-corrected chi connectivity index (χ4v) is 1.46. The summed E-state index contributed by atoms with van der Waals surface area (Å²) in [5.74, 6) is -1.98. The summed E-state index contributed by atoms with van der Waals surface area (Å²) < 4.78 is 28.4. The van der Waals surface area contributed by atoms with Crippen LogP contribution in [0.3, 0.4) is 0 Å². The molecule has 0 bridgehead atoms. The number of nitrogens with zero attached hydrogens (tertiary/aromatic N) is 2. The van der Waals surface area contributed by atoms with Gasteiger partial charge in [-0.3, -0.25) is 4.79 Å². The number of halogens is 2. The van der Waals surface area contributed by atoms with Gasteiger partial charge in [-0.25, -0.2) is 13.5 Å². The minimum atomic E-state index is -0.794. The first-order chi connectivity index (χ1) is 8.08. The lowest BCUT2D eigenvalue weighted by Crippen LogP contribution is -2.08. The lowest BCUT2D eigenvalue weighted by Gasteiger charge is -2.08. The van der Waals surface area contributed by atoms with Crippen LogP contribution < -0.4 is 5.32 Å². The van der Waals surface area contributed by atoms with E-state index >= 15 is 0 Å². The molecule has 0 atom stereocenters. The van der Waals surface area contributed by atoms with Gasteiger partial charge in [0.05, 0.1) is 0 Å². The first kappa shape index (κ1) is 11.3. The van der Waals surface area contributed by atoms with E-state index in [0.29, 0.717) is 0 Å². The number of amides is 1. The molecule has 0 fully saturated rings. The monoisotopic (exact) mass is 237 g/mol. The molecule has 1 amide bonds. The van der Waals surface area contributed by atoms with Gasteiger partial charge in [0.15, 0.2) is 11.6 Å². The fourth-order valence-electron chi connectivity index (χ4n) is 1.46. The Bertz CT molecular complexity index is 529. The Morgan fingerprint density at radius 2 is 2.00 bits per heavy atom. The molecule has 1 aromatic heterocycles. The number of hydrogen-bond acceptors (Lipinski definition) is 2. The highest BCUT2D eigenvalue weighted by Crippen LogP contribution is 2.21. The van der Waals surface area contributed by atoms with Crippen molar-refractivity contribution in [3.05, 3.63) is 42.2 Å². The normalized spacial score (nSPS) is 10.3. The van der Waals surface area contributed by atoms with Crippen molar-refractivity contribution in [1.82, 2.24) is 9.78 Å². The molecule has 17 heavy (non-hydrogen) atoms. The Morgan fingerprint density at radius 1 is 1.35 bits per heavy atom. The number of anilines is 1. The molecule has 0 saturated heterocycles. The number of rotatable bonds is 2. The number of aromatic nitrogens is 2. The standard InChI is InChI=1S/C11H9F2N3O/c1-7(17)15-8-5-9(12)11(10(13)6-8)16-4-2-3-14-16/h2-6H,1H3,(H,15,17). The van der Waals surface area contributed by atoms with E-state index in [2.05, 4.69) is 10.4 Å². The minimum absolute atomic E-state index is 0.0726. The average molecular weight is 237 g/mol. The third-order valence-electron chi connectivity index (χ3n) is 2.07. The molecule has 1 N–H and O–H groups in total. The molecular formula is C11H9F2N3O. The first-order valence-electron chi connectivity index (χ1n) is 4.84. The summed E-state index contributed by atoms with van der Waals surface area (Å²) in [6.45, 7) is 1.26. The molecule has 0 saturated carbocycles. The Labute approximate surface area is 95.9 Å². The van der Waals surface area contributed by atoms with Crippen LogP contribution in [0.2, 0.25) is 0 Å². The smallest absolute Gasteiger partial charge is 0.221 e. The Morgan fingerprint density at radius 3 is 2.47 bits per heavy atom. The summed E-state index contributed by atoms with van der Waals surface area (Å²) in [5, 5.41) is 6.06. The topological polar surface area (TPSA) is 46.9 Å². The van der Waals surface area contributed by atoms with E-state index in [0.717, 1.165) is 16.8 Å². The van der Waals surface area contributed by atoms with Crippen LogP contribution in [0.25, 0.3) is 5.69 Å². The van der Waals surface area contributed by atoms with E-state index in [-0.39, 0.29) is 11.4 Å². The SMILES string of the molecule is CC(=O)Nc1cc(F)c(-n2cccn2)c(F)c1. The largest absolute Gasteiger partial charge is 0.326 e. The van der Waals surface area contributed by atoms with Gasteiger partial charge < -0.3 is 5.32 Å². The third kappa shape index (κ3) is 2.30. The van der Waals surface area contributed by atoms with Crippen molar-refractivity contribution in [2.45, 2.75) is 6.92 Å². The predicted molar refractivity (Wildman–Crippen MR) is 57.8 cm³/mol. The molecule has 0 radical (unpaired) electrons. The Kier molecular flexibility index (Phi) is 2.86. The Balaban J connectivity index is 2.46. The molecule has 1 aromatic carbocycles. The van der Waals surface area contributed by atoms with Crippen molar-refractivity contribution in [3.63, 3.8) is 0 Å². The summed E-state index contributed by atoms with van der Waals surface area (Å²) in [6.07, 6.45) is 2.85. The van der Waals surface area contributed by atoms with Gasteiger partial charge >= 0.3 is 0 Å². The van der Waals surface area contributed by atoms with E-state index in [4.69, 9.17) is 0 Å².